The lowest BCUT2D eigenvalue weighted by Crippen LogP contribution is -2.39. The van der Waals surface area contributed by atoms with Crippen LogP contribution in [0.15, 0.2) is 54.7 Å². The Morgan fingerprint density at radius 2 is 2.00 bits per heavy atom. The monoisotopic (exact) mass is 389 g/mol. The van der Waals surface area contributed by atoms with Crippen molar-refractivity contribution in [1.29, 1.82) is 0 Å². The van der Waals surface area contributed by atoms with Crippen molar-refractivity contribution < 1.29 is 9.18 Å². The first-order chi connectivity index (χ1) is 14.0. The van der Waals surface area contributed by atoms with Crippen molar-refractivity contribution in [2.75, 3.05) is 13.1 Å². The van der Waals surface area contributed by atoms with Crippen molar-refractivity contribution in [3.05, 3.63) is 82.9 Å². The molecule has 2 heterocycles. The fourth-order valence-corrected chi connectivity index (χ4v) is 3.91. The molecule has 4 nitrogen and oxygen atoms in total. The van der Waals surface area contributed by atoms with Gasteiger partial charge in [-0.3, -0.25) is 4.79 Å². The standard InChI is InChI=1S/C24H24FN3O/c1-16-8-9-17(2)21(13-16)24(29)28-12-4-6-19(15-28)22-10-11-26-23(27-22)18-5-3-7-20(25)14-18/h3,5,7-11,13-14,19H,4,6,12,15H2,1-2H3. The summed E-state index contributed by atoms with van der Waals surface area (Å²) in [6, 6.07) is 14.2. The Kier molecular flexibility index (Phi) is 5.38. The highest BCUT2D eigenvalue weighted by Gasteiger charge is 2.27. The minimum absolute atomic E-state index is 0.0790. The fourth-order valence-electron chi connectivity index (χ4n) is 3.91. The second-order valence-corrected chi connectivity index (χ2v) is 7.72. The molecule has 0 bridgehead atoms. The summed E-state index contributed by atoms with van der Waals surface area (Å²) >= 11 is 0. The van der Waals surface area contributed by atoms with E-state index in [1.54, 1.807) is 18.3 Å². The number of amides is 1. The van der Waals surface area contributed by atoms with E-state index in [-0.39, 0.29) is 17.6 Å². The zero-order chi connectivity index (χ0) is 20.4. The number of nitrogens with zero attached hydrogens (tertiary/aromatic N) is 3. The van der Waals surface area contributed by atoms with Crippen LogP contribution in [0.2, 0.25) is 0 Å². The van der Waals surface area contributed by atoms with Gasteiger partial charge in [0.2, 0.25) is 0 Å². The van der Waals surface area contributed by atoms with Gasteiger partial charge < -0.3 is 4.90 Å². The number of likely N-dealkylation sites (tertiary alicyclic amines) is 1. The summed E-state index contributed by atoms with van der Waals surface area (Å²) in [6.07, 6.45) is 3.62. The minimum Gasteiger partial charge on any atom is -0.338 e. The van der Waals surface area contributed by atoms with Crippen molar-refractivity contribution in [2.45, 2.75) is 32.6 Å². The van der Waals surface area contributed by atoms with Gasteiger partial charge in [0.15, 0.2) is 5.82 Å². The third-order valence-corrected chi connectivity index (χ3v) is 5.51. The molecule has 4 rings (SSSR count). The lowest BCUT2D eigenvalue weighted by atomic mass is 9.93. The van der Waals surface area contributed by atoms with Crippen LogP contribution in [-0.2, 0) is 0 Å². The van der Waals surface area contributed by atoms with Crippen LogP contribution in [0, 0.1) is 19.7 Å². The molecule has 1 aliphatic rings. The van der Waals surface area contributed by atoms with Gasteiger partial charge in [-0.15, -0.1) is 0 Å². The maximum absolute atomic E-state index is 13.6. The summed E-state index contributed by atoms with van der Waals surface area (Å²) in [5, 5.41) is 0. The third-order valence-electron chi connectivity index (χ3n) is 5.51. The molecule has 1 amide bonds. The van der Waals surface area contributed by atoms with Crippen LogP contribution in [-0.4, -0.2) is 33.9 Å². The molecular weight excluding hydrogens is 365 g/mol. The molecule has 1 atom stereocenters. The average molecular weight is 389 g/mol. The van der Waals surface area contributed by atoms with E-state index in [0.717, 1.165) is 41.8 Å². The highest BCUT2D eigenvalue weighted by Crippen LogP contribution is 2.28. The Morgan fingerprint density at radius 3 is 2.83 bits per heavy atom. The maximum Gasteiger partial charge on any atom is 0.254 e. The fraction of sp³-hybridized carbons (Fsp3) is 0.292. The highest BCUT2D eigenvalue weighted by atomic mass is 19.1. The second kappa shape index (κ2) is 8.11. The maximum atomic E-state index is 13.6. The van der Waals surface area contributed by atoms with E-state index in [0.29, 0.717) is 17.9 Å². The first kappa shape index (κ1) is 19.2. The van der Waals surface area contributed by atoms with Gasteiger partial charge in [0.05, 0.1) is 0 Å². The van der Waals surface area contributed by atoms with Gasteiger partial charge in [-0.05, 0) is 56.5 Å². The molecule has 1 saturated heterocycles. The molecule has 3 aromatic rings. The summed E-state index contributed by atoms with van der Waals surface area (Å²) in [6.45, 7) is 5.37. The molecule has 1 fully saturated rings. The number of piperidine rings is 1. The molecule has 0 saturated carbocycles. The molecule has 1 unspecified atom stereocenters. The summed E-state index contributed by atoms with van der Waals surface area (Å²) in [4.78, 5) is 24.1. The van der Waals surface area contributed by atoms with E-state index in [1.165, 1.54) is 12.1 Å². The SMILES string of the molecule is Cc1ccc(C)c(C(=O)N2CCCC(c3ccnc(-c4cccc(F)c4)n3)C2)c1. The van der Waals surface area contributed by atoms with Gasteiger partial charge in [-0.1, -0.05) is 29.8 Å². The number of hydrogen-bond donors (Lipinski definition) is 0. The first-order valence-electron chi connectivity index (χ1n) is 9.96. The number of rotatable bonds is 3. The van der Waals surface area contributed by atoms with Crippen LogP contribution in [0.5, 0.6) is 0 Å². The van der Waals surface area contributed by atoms with Crippen molar-refractivity contribution in [3.8, 4) is 11.4 Å². The molecule has 2 aromatic carbocycles. The number of aryl methyl sites for hydroxylation is 2. The third kappa shape index (κ3) is 4.19. The van der Waals surface area contributed by atoms with Gasteiger partial charge in [0, 0.05) is 42.0 Å². The summed E-state index contributed by atoms with van der Waals surface area (Å²) in [5.41, 5.74) is 4.42. The Morgan fingerprint density at radius 1 is 1.14 bits per heavy atom. The molecule has 5 heteroatoms. The second-order valence-electron chi connectivity index (χ2n) is 7.72. The Balaban J connectivity index is 1.56. The predicted molar refractivity (Wildman–Crippen MR) is 111 cm³/mol. The van der Waals surface area contributed by atoms with Crippen molar-refractivity contribution in [3.63, 3.8) is 0 Å². The van der Waals surface area contributed by atoms with E-state index in [9.17, 15) is 9.18 Å². The normalized spacial score (nSPS) is 16.7. The molecule has 1 aliphatic heterocycles. The highest BCUT2D eigenvalue weighted by molar-refractivity contribution is 5.96. The van der Waals surface area contributed by atoms with E-state index in [2.05, 4.69) is 4.98 Å². The van der Waals surface area contributed by atoms with Crippen LogP contribution >= 0.6 is 0 Å². The number of halogens is 1. The molecule has 0 radical (unpaired) electrons. The Hall–Kier alpha value is -3.08. The van der Waals surface area contributed by atoms with Crippen LogP contribution < -0.4 is 0 Å². The van der Waals surface area contributed by atoms with Crippen LogP contribution in [0.3, 0.4) is 0 Å². The average Bonchev–Trinajstić information content (AvgIpc) is 2.75. The van der Waals surface area contributed by atoms with E-state index in [1.807, 2.05) is 43.0 Å². The predicted octanol–water partition coefficient (Wildman–Crippen LogP) is 4.92. The molecule has 0 aliphatic carbocycles. The van der Waals surface area contributed by atoms with Crippen LogP contribution in [0.4, 0.5) is 4.39 Å². The van der Waals surface area contributed by atoms with Crippen molar-refractivity contribution in [1.82, 2.24) is 14.9 Å². The lowest BCUT2D eigenvalue weighted by molar-refractivity contribution is 0.0705. The van der Waals surface area contributed by atoms with Gasteiger partial charge in [-0.2, -0.15) is 0 Å². The number of hydrogen-bond acceptors (Lipinski definition) is 3. The zero-order valence-electron chi connectivity index (χ0n) is 16.7. The molecule has 148 valence electrons. The van der Waals surface area contributed by atoms with Gasteiger partial charge >= 0.3 is 0 Å². The minimum atomic E-state index is -0.306. The molecule has 0 spiro atoms. The summed E-state index contributed by atoms with van der Waals surface area (Å²) in [5.74, 6) is 0.433. The molecule has 29 heavy (non-hydrogen) atoms. The smallest absolute Gasteiger partial charge is 0.254 e. The van der Waals surface area contributed by atoms with E-state index >= 15 is 0 Å². The number of carbonyl (C=O) groups is 1. The summed E-state index contributed by atoms with van der Waals surface area (Å²) in [7, 11) is 0. The Bertz CT molecular complexity index is 1050. The van der Waals surface area contributed by atoms with E-state index in [4.69, 9.17) is 4.98 Å². The quantitative estimate of drug-likeness (QED) is 0.639. The zero-order valence-corrected chi connectivity index (χ0v) is 16.7. The number of aromatic nitrogens is 2. The molecular formula is C24H24FN3O. The van der Waals surface area contributed by atoms with Crippen molar-refractivity contribution in [2.24, 2.45) is 0 Å². The Labute approximate surface area is 170 Å². The van der Waals surface area contributed by atoms with Gasteiger partial charge in [-0.25, -0.2) is 14.4 Å². The van der Waals surface area contributed by atoms with Gasteiger partial charge in [0.25, 0.3) is 5.91 Å². The van der Waals surface area contributed by atoms with Crippen LogP contribution in [0.25, 0.3) is 11.4 Å². The number of benzene rings is 2. The number of carbonyl (C=O) groups excluding carboxylic acids is 1. The lowest BCUT2D eigenvalue weighted by Gasteiger charge is -2.33. The topological polar surface area (TPSA) is 46.1 Å². The van der Waals surface area contributed by atoms with Crippen molar-refractivity contribution >= 4 is 5.91 Å². The first-order valence-corrected chi connectivity index (χ1v) is 9.96. The summed E-state index contributed by atoms with van der Waals surface area (Å²) < 4.78 is 13.6. The van der Waals surface area contributed by atoms with Gasteiger partial charge in [0.1, 0.15) is 5.82 Å². The largest absolute Gasteiger partial charge is 0.338 e. The molecule has 1 aromatic heterocycles. The van der Waals surface area contributed by atoms with Crippen LogP contribution in [0.1, 0.15) is 45.9 Å². The molecule has 0 N–H and O–H groups in total. The van der Waals surface area contributed by atoms with E-state index < -0.39 is 0 Å².